The minimum atomic E-state index is -3.96. The molecular weight excluding hydrogens is 610 g/mol. The average Bonchev–Trinajstić information content (AvgIpc) is 2.93. The van der Waals surface area contributed by atoms with Crippen LogP contribution in [0.5, 0.6) is 11.5 Å². The zero-order valence-corrected chi connectivity index (χ0v) is 26.2. The Bertz CT molecular complexity index is 1430. The van der Waals surface area contributed by atoms with E-state index in [4.69, 9.17) is 9.47 Å². The van der Waals surface area contributed by atoms with E-state index in [0.717, 1.165) is 26.2 Å². The van der Waals surface area contributed by atoms with Crippen LogP contribution in [0.1, 0.15) is 25.0 Å². The van der Waals surface area contributed by atoms with E-state index in [9.17, 15) is 18.0 Å². The Morgan fingerprint density at radius 2 is 1.59 bits per heavy atom. The molecule has 11 heteroatoms. The van der Waals surface area contributed by atoms with Crippen LogP contribution in [0.3, 0.4) is 0 Å². The molecule has 0 radical (unpaired) electrons. The van der Waals surface area contributed by atoms with Crippen molar-refractivity contribution in [2.75, 3.05) is 31.3 Å². The fourth-order valence-electron chi connectivity index (χ4n) is 4.31. The maximum absolute atomic E-state index is 14.2. The first-order valence-corrected chi connectivity index (χ1v) is 15.6. The fourth-order valence-corrected chi connectivity index (χ4v) is 5.42. The van der Waals surface area contributed by atoms with Crippen molar-refractivity contribution in [1.29, 1.82) is 0 Å². The molecule has 9 nitrogen and oxygen atoms in total. The molecule has 3 aromatic rings. The van der Waals surface area contributed by atoms with E-state index >= 15 is 0 Å². The number of sulfonamides is 1. The highest BCUT2D eigenvalue weighted by Crippen LogP contribution is 2.34. The SMILES string of the molecule is COc1ccc(OC)c(N(CC(=O)N(Cc2ccc(Br)cc2)C(Cc2ccccc2)C(=O)NC(C)C)S(C)(=O)=O)c1. The zero-order valence-electron chi connectivity index (χ0n) is 23.8. The molecule has 220 valence electrons. The molecule has 41 heavy (non-hydrogen) atoms. The van der Waals surface area contributed by atoms with Crippen LogP contribution >= 0.6 is 15.9 Å². The second kappa shape index (κ2) is 14.4. The largest absolute Gasteiger partial charge is 0.497 e. The summed E-state index contributed by atoms with van der Waals surface area (Å²) in [6, 6.07) is 20.4. The molecule has 0 saturated carbocycles. The van der Waals surface area contributed by atoms with Crippen LogP contribution in [-0.2, 0) is 32.6 Å². The van der Waals surface area contributed by atoms with E-state index in [1.807, 2.05) is 68.4 Å². The molecule has 1 unspecified atom stereocenters. The number of carbonyl (C=O) groups is 2. The van der Waals surface area contributed by atoms with Gasteiger partial charge in [-0.3, -0.25) is 13.9 Å². The number of nitrogens with zero attached hydrogens (tertiary/aromatic N) is 2. The van der Waals surface area contributed by atoms with Crippen LogP contribution in [0, 0.1) is 0 Å². The number of ether oxygens (including phenoxy) is 2. The first-order valence-electron chi connectivity index (χ1n) is 13.0. The molecule has 0 bridgehead atoms. The Labute approximate surface area is 250 Å². The third kappa shape index (κ3) is 8.96. The van der Waals surface area contributed by atoms with Gasteiger partial charge in [0.25, 0.3) is 0 Å². The highest BCUT2D eigenvalue weighted by molar-refractivity contribution is 9.10. The first-order chi connectivity index (χ1) is 19.4. The number of carbonyl (C=O) groups excluding carboxylic acids is 2. The number of rotatable bonds is 13. The van der Waals surface area contributed by atoms with Crippen molar-refractivity contribution in [2.24, 2.45) is 0 Å². The standard InChI is InChI=1S/C30H36BrN3O6S/c1-21(2)32-30(36)27(17-22-9-7-6-8-10-22)33(19-23-11-13-24(31)14-12-23)29(35)20-34(41(5,37)38)26-18-25(39-3)15-16-28(26)40-4/h6-16,18,21,27H,17,19-20H2,1-5H3,(H,32,36). The Hall–Kier alpha value is -3.57. The number of anilines is 1. The van der Waals surface area contributed by atoms with Crippen molar-refractivity contribution >= 4 is 43.5 Å². The van der Waals surface area contributed by atoms with Crippen molar-refractivity contribution in [3.63, 3.8) is 0 Å². The van der Waals surface area contributed by atoms with Crippen molar-refractivity contribution in [1.82, 2.24) is 10.2 Å². The van der Waals surface area contributed by atoms with Gasteiger partial charge in [0.1, 0.15) is 24.1 Å². The predicted octanol–water partition coefficient (Wildman–Crippen LogP) is 4.40. The molecule has 1 atom stereocenters. The molecule has 3 aromatic carbocycles. The molecule has 2 amide bonds. The van der Waals surface area contributed by atoms with E-state index in [-0.39, 0.29) is 36.4 Å². The van der Waals surface area contributed by atoms with Crippen molar-refractivity contribution in [2.45, 2.75) is 38.9 Å². The average molecular weight is 647 g/mol. The summed E-state index contributed by atoms with van der Waals surface area (Å²) in [6.07, 6.45) is 1.26. The van der Waals surface area contributed by atoms with Gasteiger partial charge in [0.2, 0.25) is 21.8 Å². The van der Waals surface area contributed by atoms with Crippen LogP contribution in [0.2, 0.25) is 0 Å². The third-order valence-electron chi connectivity index (χ3n) is 6.30. The Kier molecular flexibility index (Phi) is 11.2. The fraction of sp³-hybridized carbons (Fsp3) is 0.333. The van der Waals surface area contributed by atoms with Gasteiger partial charge >= 0.3 is 0 Å². The van der Waals surface area contributed by atoms with E-state index in [2.05, 4.69) is 21.2 Å². The van der Waals surface area contributed by atoms with E-state index in [1.54, 1.807) is 12.1 Å². The summed E-state index contributed by atoms with van der Waals surface area (Å²) in [5.74, 6) is -0.240. The summed E-state index contributed by atoms with van der Waals surface area (Å²) >= 11 is 3.43. The van der Waals surface area contributed by atoms with Crippen LogP contribution in [-0.4, -0.2) is 64.2 Å². The van der Waals surface area contributed by atoms with Crippen molar-refractivity contribution in [3.8, 4) is 11.5 Å². The molecule has 0 fully saturated rings. The van der Waals surface area contributed by atoms with Gasteiger partial charge in [-0.25, -0.2) is 8.42 Å². The second-order valence-electron chi connectivity index (χ2n) is 9.82. The molecule has 0 spiro atoms. The molecule has 0 aliphatic heterocycles. The zero-order chi connectivity index (χ0) is 30.2. The molecular formula is C30H36BrN3O6S. The number of benzene rings is 3. The monoisotopic (exact) mass is 645 g/mol. The van der Waals surface area contributed by atoms with E-state index in [0.29, 0.717) is 5.75 Å². The van der Waals surface area contributed by atoms with Gasteiger partial charge in [-0.2, -0.15) is 0 Å². The second-order valence-corrected chi connectivity index (χ2v) is 12.6. The normalized spacial score (nSPS) is 12.0. The minimum Gasteiger partial charge on any atom is -0.497 e. The van der Waals surface area contributed by atoms with Gasteiger partial charge in [0.15, 0.2) is 0 Å². The molecule has 0 aliphatic rings. The van der Waals surface area contributed by atoms with Gasteiger partial charge in [0.05, 0.1) is 26.2 Å². The quantitative estimate of drug-likeness (QED) is 0.296. The van der Waals surface area contributed by atoms with Crippen LogP contribution in [0.25, 0.3) is 0 Å². The first kappa shape index (κ1) is 32.0. The maximum atomic E-state index is 14.2. The predicted molar refractivity (Wildman–Crippen MR) is 164 cm³/mol. The number of hydrogen-bond donors (Lipinski definition) is 1. The molecule has 1 N–H and O–H groups in total. The Balaban J connectivity index is 2.10. The van der Waals surface area contributed by atoms with Crippen LogP contribution in [0.15, 0.2) is 77.3 Å². The topological polar surface area (TPSA) is 105 Å². The molecule has 0 aliphatic carbocycles. The van der Waals surface area contributed by atoms with Gasteiger partial charge in [-0.1, -0.05) is 58.4 Å². The van der Waals surface area contributed by atoms with E-state index in [1.165, 1.54) is 25.2 Å². The molecule has 0 saturated heterocycles. The van der Waals surface area contributed by atoms with Crippen LogP contribution < -0.4 is 19.1 Å². The lowest BCUT2D eigenvalue weighted by molar-refractivity contribution is -0.140. The van der Waals surface area contributed by atoms with E-state index < -0.39 is 28.5 Å². The highest BCUT2D eigenvalue weighted by Gasteiger charge is 2.34. The summed E-state index contributed by atoms with van der Waals surface area (Å²) < 4.78 is 38.7. The Morgan fingerprint density at radius 3 is 2.15 bits per heavy atom. The third-order valence-corrected chi connectivity index (χ3v) is 7.96. The molecule has 3 rings (SSSR count). The summed E-state index contributed by atoms with van der Waals surface area (Å²) in [5.41, 5.74) is 1.79. The maximum Gasteiger partial charge on any atom is 0.244 e. The van der Waals surface area contributed by atoms with Gasteiger partial charge in [-0.15, -0.1) is 0 Å². The number of nitrogens with one attached hydrogen (secondary N) is 1. The number of methoxy groups -OCH3 is 2. The highest BCUT2D eigenvalue weighted by atomic mass is 79.9. The van der Waals surface area contributed by atoms with Crippen LogP contribution in [0.4, 0.5) is 5.69 Å². The minimum absolute atomic E-state index is 0.0853. The van der Waals surface area contributed by atoms with Crippen molar-refractivity contribution in [3.05, 3.63) is 88.4 Å². The number of amides is 2. The smallest absolute Gasteiger partial charge is 0.244 e. The number of hydrogen-bond acceptors (Lipinski definition) is 6. The lowest BCUT2D eigenvalue weighted by Crippen LogP contribution is -2.54. The summed E-state index contributed by atoms with van der Waals surface area (Å²) in [7, 11) is -1.09. The lowest BCUT2D eigenvalue weighted by Gasteiger charge is -2.34. The lowest BCUT2D eigenvalue weighted by atomic mass is 10.0. The summed E-state index contributed by atoms with van der Waals surface area (Å²) in [4.78, 5) is 29.2. The Morgan fingerprint density at radius 1 is 0.927 bits per heavy atom. The van der Waals surface area contributed by atoms with Gasteiger partial charge in [-0.05, 0) is 49.2 Å². The molecule has 0 heterocycles. The molecule has 0 aromatic heterocycles. The summed E-state index contributed by atoms with van der Waals surface area (Å²) in [6.45, 7) is 3.22. The van der Waals surface area contributed by atoms with Gasteiger partial charge < -0.3 is 19.7 Å². The van der Waals surface area contributed by atoms with Gasteiger partial charge in [0, 0.05) is 29.5 Å². The van der Waals surface area contributed by atoms with Crippen molar-refractivity contribution < 1.29 is 27.5 Å². The number of halogens is 1. The summed E-state index contributed by atoms with van der Waals surface area (Å²) in [5, 5.41) is 2.93.